The van der Waals surface area contributed by atoms with Crippen molar-refractivity contribution in [3.05, 3.63) is 96.6 Å². The van der Waals surface area contributed by atoms with E-state index in [0.717, 1.165) is 15.9 Å². The van der Waals surface area contributed by atoms with Crippen LogP contribution in [0.5, 0.6) is 0 Å². The number of esters is 1. The summed E-state index contributed by atoms with van der Waals surface area (Å²) >= 11 is 0. The Balaban J connectivity index is 1.97. The molecule has 0 bridgehead atoms. The lowest BCUT2D eigenvalue weighted by Crippen LogP contribution is -2.69. The molecule has 3 rings (SSSR count). The minimum Gasteiger partial charge on any atom is -0.467 e. The van der Waals surface area contributed by atoms with Gasteiger partial charge in [0.2, 0.25) is 0 Å². The molecule has 5 nitrogen and oxygen atoms in total. The highest BCUT2D eigenvalue weighted by atomic mass is 28.4. The lowest BCUT2D eigenvalue weighted by atomic mass is 10.1. The summed E-state index contributed by atoms with van der Waals surface area (Å²) in [5.74, 6) is -0.508. The minimum atomic E-state index is -2.84. The summed E-state index contributed by atoms with van der Waals surface area (Å²) in [5.41, 5.74) is 7.63. The molecule has 0 aliphatic heterocycles. The zero-order valence-electron chi connectivity index (χ0n) is 21.3. The van der Waals surface area contributed by atoms with Gasteiger partial charge in [-0.3, -0.25) is 0 Å². The van der Waals surface area contributed by atoms with E-state index in [0.29, 0.717) is 0 Å². The Morgan fingerprint density at radius 1 is 0.857 bits per heavy atom. The molecule has 0 unspecified atom stereocenters. The molecule has 0 fully saturated rings. The summed E-state index contributed by atoms with van der Waals surface area (Å²) in [6.07, 6.45) is -1.45. The summed E-state index contributed by atoms with van der Waals surface area (Å²) in [5, 5.41) is 2.09. The SMILES string of the molecule is COC(=O)[C@@H](OCc1ccccc1)[C@H](N)[C@H](C)O[Si](c1ccccc1)(c1ccccc1)C(C)(C)C. The quantitative estimate of drug-likeness (QED) is 0.342. The van der Waals surface area contributed by atoms with E-state index in [9.17, 15) is 4.79 Å². The van der Waals surface area contributed by atoms with Gasteiger partial charge in [-0.25, -0.2) is 4.79 Å². The first-order chi connectivity index (χ1) is 16.7. The summed E-state index contributed by atoms with van der Waals surface area (Å²) in [4.78, 5) is 12.7. The Kier molecular flexibility index (Phi) is 9.02. The third-order valence-corrected chi connectivity index (χ3v) is 11.5. The van der Waals surface area contributed by atoms with Crippen molar-refractivity contribution in [1.29, 1.82) is 0 Å². The molecule has 35 heavy (non-hydrogen) atoms. The van der Waals surface area contributed by atoms with Crippen LogP contribution in [0.3, 0.4) is 0 Å². The fraction of sp³-hybridized carbons (Fsp3) is 0.345. The Morgan fingerprint density at radius 3 is 1.74 bits per heavy atom. The molecule has 0 heterocycles. The molecular formula is C29H37NO4Si. The predicted octanol–water partition coefficient (Wildman–Crippen LogP) is 4.04. The van der Waals surface area contributed by atoms with Gasteiger partial charge in [-0.15, -0.1) is 0 Å². The van der Waals surface area contributed by atoms with E-state index in [1.165, 1.54) is 7.11 Å². The first-order valence-electron chi connectivity index (χ1n) is 12.0. The second kappa shape index (κ2) is 11.8. The van der Waals surface area contributed by atoms with Crippen LogP contribution in [-0.4, -0.2) is 39.6 Å². The molecule has 0 radical (unpaired) electrons. The van der Waals surface area contributed by atoms with Gasteiger partial charge < -0.3 is 19.6 Å². The third kappa shape index (κ3) is 6.08. The Labute approximate surface area is 210 Å². The van der Waals surface area contributed by atoms with Crippen LogP contribution in [0.4, 0.5) is 0 Å². The largest absolute Gasteiger partial charge is 0.467 e. The second-order valence-electron chi connectivity index (χ2n) is 9.80. The van der Waals surface area contributed by atoms with Crippen LogP contribution in [0.15, 0.2) is 91.0 Å². The van der Waals surface area contributed by atoms with Crippen molar-refractivity contribution >= 4 is 24.7 Å². The molecule has 3 atom stereocenters. The van der Waals surface area contributed by atoms with E-state index in [4.69, 9.17) is 19.6 Å². The molecule has 186 valence electrons. The van der Waals surface area contributed by atoms with Crippen molar-refractivity contribution in [2.24, 2.45) is 5.73 Å². The van der Waals surface area contributed by atoms with Gasteiger partial charge >= 0.3 is 5.97 Å². The highest BCUT2D eigenvalue weighted by Crippen LogP contribution is 2.38. The topological polar surface area (TPSA) is 70.8 Å². The highest BCUT2D eigenvalue weighted by Gasteiger charge is 2.52. The van der Waals surface area contributed by atoms with E-state index < -0.39 is 32.5 Å². The second-order valence-corrected chi connectivity index (χ2v) is 14.1. The number of carbonyl (C=O) groups is 1. The van der Waals surface area contributed by atoms with Crippen LogP contribution < -0.4 is 16.1 Å². The number of benzene rings is 3. The number of rotatable bonds is 10. The van der Waals surface area contributed by atoms with Crippen molar-refractivity contribution in [1.82, 2.24) is 0 Å². The van der Waals surface area contributed by atoms with E-state index >= 15 is 0 Å². The van der Waals surface area contributed by atoms with E-state index in [1.54, 1.807) is 0 Å². The van der Waals surface area contributed by atoms with E-state index in [1.807, 2.05) is 73.7 Å². The van der Waals surface area contributed by atoms with Crippen molar-refractivity contribution in [2.75, 3.05) is 7.11 Å². The maximum absolute atomic E-state index is 12.7. The molecule has 0 aliphatic rings. The van der Waals surface area contributed by atoms with Crippen LogP contribution in [0.1, 0.15) is 33.3 Å². The number of ether oxygens (including phenoxy) is 2. The molecule has 0 spiro atoms. The van der Waals surface area contributed by atoms with Gasteiger partial charge in [0.15, 0.2) is 6.10 Å². The molecule has 0 aromatic heterocycles. The number of nitrogens with two attached hydrogens (primary N) is 1. The average Bonchev–Trinajstić information content (AvgIpc) is 2.87. The zero-order valence-corrected chi connectivity index (χ0v) is 22.3. The summed E-state index contributed by atoms with van der Waals surface area (Å²) in [6.45, 7) is 8.80. The predicted molar refractivity (Wildman–Crippen MR) is 143 cm³/mol. The number of hydrogen-bond acceptors (Lipinski definition) is 5. The maximum atomic E-state index is 12.7. The van der Waals surface area contributed by atoms with Crippen LogP contribution in [-0.2, 0) is 25.3 Å². The number of hydrogen-bond donors (Lipinski definition) is 1. The van der Waals surface area contributed by atoms with Crippen LogP contribution >= 0.6 is 0 Å². The Morgan fingerprint density at radius 2 is 1.31 bits per heavy atom. The standard InChI is InChI=1S/C29H37NO4Si/c1-22(26(30)27(28(31)32-5)33-21-23-15-9-6-10-16-23)34-35(29(2,3)4,24-17-11-7-12-18-24)25-19-13-8-14-20-25/h6-20,22,26-27H,21,30H2,1-5H3/t22-,26+,27-/m0/s1. The lowest BCUT2D eigenvalue weighted by Gasteiger charge is -2.46. The Bertz CT molecular complexity index is 1010. The molecule has 0 aliphatic carbocycles. The molecule has 3 aromatic carbocycles. The van der Waals surface area contributed by atoms with Crippen molar-refractivity contribution in [3.63, 3.8) is 0 Å². The van der Waals surface area contributed by atoms with Crippen LogP contribution in [0, 0.1) is 0 Å². The zero-order chi connectivity index (χ0) is 25.5. The lowest BCUT2D eigenvalue weighted by molar-refractivity contribution is -0.158. The van der Waals surface area contributed by atoms with Crippen molar-refractivity contribution < 1.29 is 18.7 Å². The van der Waals surface area contributed by atoms with Crippen LogP contribution in [0.25, 0.3) is 0 Å². The van der Waals surface area contributed by atoms with Crippen LogP contribution in [0.2, 0.25) is 5.04 Å². The van der Waals surface area contributed by atoms with Crippen molar-refractivity contribution in [3.8, 4) is 0 Å². The monoisotopic (exact) mass is 491 g/mol. The van der Waals surface area contributed by atoms with E-state index in [2.05, 4.69) is 45.0 Å². The highest BCUT2D eigenvalue weighted by molar-refractivity contribution is 6.99. The van der Waals surface area contributed by atoms with Gasteiger partial charge in [-0.1, -0.05) is 112 Å². The molecule has 6 heteroatoms. The molecular weight excluding hydrogens is 454 g/mol. The Hall–Kier alpha value is -2.77. The van der Waals surface area contributed by atoms with Gasteiger partial charge in [0, 0.05) is 0 Å². The average molecular weight is 492 g/mol. The minimum absolute atomic E-state index is 0.213. The smallest absolute Gasteiger partial charge is 0.336 e. The van der Waals surface area contributed by atoms with Crippen molar-refractivity contribution in [2.45, 2.75) is 57.6 Å². The van der Waals surface area contributed by atoms with Gasteiger partial charge in [0.1, 0.15) is 0 Å². The first kappa shape index (κ1) is 26.8. The summed E-state index contributed by atoms with van der Waals surface area (Å²) in [6, 6.07) is 29.7. The first-order valence-corrected chi connectivity index (χ1v) is 13.9. The number of carbonyl (C=O) groups excluding carboxylic acids is 1. The molecule has 0 saturated carbocycles. The molecule has 3 aromatic rings. The summed E-state index contributed by atoms with van der Waals surface area (Å²) < 4.78 is 18.2. The normalized spacial score (nSPS) is 14.7. The van der Waals surface area contributed by atoms with Gasteiger partial charge in [-0.2, -0.15) is 0 Å². The summed E-state index contributed by atoms with van der Waals surface area (Å²) in [7, 11) is -1.49. The van der Waals surface area contributed by atoms with E-state index in [-0.39, 0.29) is 11.6 Å². The maximum Gasteiger partial charge on any atom is 0.336 e. The molecule has 0 saturated heterocycles. The van der Waals surface area contributed by atoms with Gasteiger partial charge in [0.05, 0.1) is 25.9 Å². The third-order valence-electron chi connectivity index (χ3n) is 6.38. The van der Waals surface area contributed by atoms with Gasteiger partial charge in [0.25, 0.3) is 8.32 Å². The fourth-order valence-electron chi connectivity index (χ4n) is 4.51. The molecule has 2 N–H and O–H groups in total. The molecule has 0 amide bonds. The fourth-order valence-corrected chi connectivity index (χ4v) is 9.24. The number of methoxy groups -OCH3 is 1. The van der Waals surface area contributed by atoms with Gasteiger partial charge in [-0.05, 0) is 27.9 Å².